The van der Waals surface area contributed by atoms with Gasteiger partial charge < -0.3 is 4.84 Å². The van der Waals surface area contributed by atoms with Crippen molar-refractivity contribution < 1.29 is 31.4 Å². The molecule has 0 aromatic heterocycles. The molecule has 0 fully saturated rings. The van der Waals surface area contributed by atoms with E-state index in [0.717, 1.165) is 18.2 Å². The molecule has 0 saturated carbocycles. The third kappa shape index (κ3) is 4.98. The van der Waals surface area contributed by atoms with Gasteiger partial charge in [0.15, 0.2) is 11.0 Å². The number of amides is 1. The van der Waals surface area contributed by atoms with Crippen molar-refractivity contribution in [1.82, 2.24) is 4.72 Å². The second-order valence-electron chi connectivity index (χ2n) is 7.95. The van der Waals surface area contributed by atoms with Gasteiger partial charge in [-0.25, -0.2) is 8.60 Å². The van der Waals surface area contributed by atoms with Gasteiger partial charge in [-0.3, -0.25) is 9.52 Å². The Balaban J connectivity index is 1.58. The van der Waals surface area contributed by atoms with Gasteiger partial charge in [0.1, 0.15) is 5.82 Å². The molecule has 3 aromatic rings. The SMILES string of the molecule is Cc1cc(C2=NOC(c3cc(Cl)cc(Cl)c3)(C(F)(F)F)C2)ccc1C(=O)NS(=O)c1ccccc1F. The Labute approximate surface area is 215 Å². The number of rotatable bonds is 5. The molecule has 0 saturated heterocycles. The summed E-state index contributed by atoms with van der Waals surface area (Å²) in [5.41, 5.74) is -2.33. The van der Waals surface area contributed by atoms with Crippen LogP contribution in [0.2, 0.25) is 10.0 Å². The minimum Gasteiger partial charge on any atom is -0.374 e. The fourth-order valence-electron chi connectivity index (χ4n) is 3.73. The molecule has 4 rings (SSSR count). The molecule has 0 spiro atoms. The highest BCUT2D eigenvalue weighted by atomic mass is 35.5. The van der Waals surface area contributed by atoms with Crippen LogP contribution in [-0.4, -0.2) is 22.0 Å². The third-order valence-corrected chi connectivity index (χ3v) is 7.08. The summed E-state index contributed by atoms with van der Waals surface area (Å²) in [4.78, 5) is 17.4. The Morgan fingerprint density at radius 2 is 1.75 bits per heavy atom. The van der Waals surface area contributed by atoms with Crippen molar-refractivity contribution in [2.75, 3.05) is 0 Å². The maximum absolute atomic E-state index is 14.2. The second-order valence-corrected chi connectivity index (χ2v) is 10.0. The monoisotopic (exact) mass is 558 g/mol. The molecule has 0 bridgehead atoms. The number of carbonyl (C=O) groups excluding carboxylic acids is 1. The van der Waals surface area contributed by atoms with Crippen molar-refractivity contribution in [3.8, 4) is 0 Å². The zero-order valence-electron chi connectivity index (χ0n) is 18.3. The van der Waals surface area contributed by atoms with Crippen molar-refractivity contribution in [3.05, 3.63) is 98.8 Å². The predicted octanol–water partition coefficient (Wildman–Crippen LogP) is 6.48. The normalized spacial score (nSPS) is 18.4. The minimum absolute atomic E-state index is 0.00610. The lowest BCUT2D eigenvalue weighted by Gasteiger charge is -2.29. The van der Waals surface area contributed by atoms with Crippen LogP contribution in [0.25, 0.3) is 0 Å². The number of oxime groups is 1. The molecule has 1 N–H and O–H groups in total. The Kier molecular flexibility index (Phi) is 7.14. The molecule has 1 heterocycles. The fourth-order valence-corrected chi connectivity index (χ4v) is 5.09. The number of benzene rings is 3. The molecule has 2 atom stereocenters. The predicted molar refractivity (Wildman–Crippen MR) is 128 cm³/mol. The molecule has 5 nitrogen and oxygen atoms in total. The lowest BCUT2D eigenvalue weighted by atomic mass is 9.86. The number of hydrogen-bond acceptors (Lipinski definition) is 4. The Morgan fingerprint density at radius 3 is 2.36 bits per heavy atom. The summed E-state index contributed by atoms with van der Waals surface area (Å²) in [7, 11) is -2.15. The van der Waals surface area contributed by atoms with Crippen molar-refractivity contribution in [2.24, 2.45) is 5.16 Å². The van der Waals surface area contributed by atoms with Gasteiger partial charge in [0.2, 0.25) is 0 Å². The summed E-state index contributed by atoms with van der Waals surface area (Å²) in [6, 6.07) is 13.0. The Hall–Kier alpha value is -2.95. The van der Waals surface area contributed by atoms with Crippen LogP contribution in [0.3, 0.4) is 0 Å². The quantitative estimate of drug-likeness (QED) is 0.364. The number of alkyl halides is 3. The average Bonchev–Trinajstić information content (AvgIpc) is 3.25. The summed E-state index contributed by atoms with van der Waals surface area (Å²) in [6.45, 7) is 1.55. The molecule has 12 heteroatoms. The molecule has 1 aliphatic heterocycles. The van der Waals surface area contributed by atoms with Crippen LogP contribution < -0.4 is 4.72 Å². The highest BCUT2D eigenvalue weighted by molar-refractivity contribution is 7.83. The molecule has 0 aliphatic carbocycles. The summed E-state index contributed by atoms with van der Waals surface area (Å²) >= 11 is 11.8. The molecule has 2 unspecified atom stereocenters. The van der Waals surface area contributed by atoms with Crippen LogP contribution in [0.15, 0.2) is 70.7 Å². The lowest BCUT2D eigenvalue weighted by Crippen LogP contribution is -2.42. The number of carbonyl (C=O) groups is 1. The average molecular weight is 559 g/mol. The minimum atomic E-state index is -4.85. The van der Waals surface area contributed by atoms with Gasteiger partial charge in [0, 0.05) is 27.6 Å². The molecular weight excluding hydrogens is 543 g/mol. The van der Waals surface area contributed by atoms with Gasteiger partial charge in [-0.05, 0) is 60.5 Å². The standard InChI is InChI=1S/C24H16Cl2F4N2O3S/c1-13-8-14(6-7-18(13)22(33)32-36(34)21-5-3-2-4-19(21)27)20-12-23(35-31-20,24(28,29)30)15-9-16(25)11-17(26)10-15/h2-11H,12H2,1H3,(H,32,33). The highest BCUT2D eigenvalue weighted by Gasteiger charge is 2.62. The maximum atomic E-state index is 14.2. The van der Waals surface area contributed by atoms with Crippen LogP contribution in [0, 0.1) is 12.7 Å². The van der Waals surface area contributed by atoms with Crippen molar-refractivity contribution in [3.63, 3.8) is 0 Å². The molecular formula is C24H16Cl2F4N2O3S. The Morgan fingerprint density at radius 1 is 1.08 bits per heavy atom. The lowest BCUT2D eigenvalue weighted by molar-refractivity contribution is -0.275. The van der Waals surface area contributed by atoms with Crippen LogP contribution in [0.1, 0.15) is 33.5 Å². The third-order valence-electron chi connectivity index (χ3n) is 5.54. The van der Waals surface area contributed by atoms with Crippen LogP contribution in [0.4, 0.5) is 17.6 Å². The number of nitrogens with one attached hydrogen (secondary N) is 1. The van der Waals surface area contributed by atoms with Gasteiger partial charge in [-0.1, -0.05) is 46.6 Å². The zero-order valence-corrected chi connectivity index (χ0v) is 20.7. The van der Waals surface area contributed by atoms with E-state index >= 15 is 0 Å². The Bertz CT molecular complexity index is 1390. The van der Waals surface area contributed by atoms with E-state index < -0.39 is 40.9 Å². The van der Waals surface area contributed by atoms with Crippen molar-refractivity contribution in [1.29, 1.82) is 0 Å². The first-order valence-corrected chi connectivity index (χ1v) is 12.2. The van der Waals surface area contributed by atoms with E-state index in [1.807, 2.05) is 0 Å². The molecule has 0 radical (unpaired) electrons. The molecule has 3 aromatic carbocycles. The van der Waals surface area contributed by atoms with Crippen LogP contribution >= 0.6 is 23.2 Å². The van der Waals surface area contributed by atoms with Gasteiger partial charge in [-0.2, -0.15) is 13.2 Å². The van der Waals surface area contributed by atoms with Gasteiger partial charge >= 0.3 is 6.18 Å². The number of halogens is 6. The molecule has 36 heavy (non-hydrogen) atoms. The van der Waals surface area contributed by atoms with Gasteiger partial charge in [-0.15, -0.1) is 0 Å². The summed E-state index contributed by atoms with van der Waals surface area (Å²) < 4.78 is 71.0. The van der Waals surface area contributed by atoms with Gasteiger partial charge in [0.05, 0.1) is 10.6 Å². The smallest absolute Gasteiger partial charge is 0.374 e. The van der Waals surface area contributed by atoms with E-state index in [-0.39, 0.29) is 31.8 Å². The van der Waals surface area contributed by atoms with E-state index in [1.165, 1.54) is 42.5 Å². The zero-order chi connectivity index (χ0) is 26.3. The first kappa shape index (κ1) is 26.1. The van der Waals surface area contributed by atoms with E-state index in [1.54, 1.807) is 6.92 Å². The van der Waals surface area contributed by atoms with Crippen LogP contribution in [0.5, 0.6) is 0 Å². The summed E-state index contributed by atoms with van der Waals surface area (Å²) in [5, 5.41) is 3.72. The number of aryl methyl sites for hydroxylation is 1. The largest absolute Gasteiger partial charge is 0.435 e. The van der Waals surface area contributed by atoms with E-state index in [9.17, 15) is 26.6 Å². The number of nitrogens with zero attached hydrogens (tertiary/aromatic N) is 1. The van der Waals surface area contributed by atoms with Crippen molar-refractivity contribution >= 4 is 45.8 Å². The summed E-state index contributed by atoms with van der Waals surface area (Å²) in [5.74, 6) is -1.49. The molecule has 1 amide bonds. The first-order valence-electron chi connectivity index (χ1n) is 10.3. The molecule has 1 aliphatic rings. The fraction of sp³-hybridized carbons (Fsp3) is 0.167. The maximum Gasteiger partial charge on any atom is 0.435 e. The number of hydrogen-bond donors (Lipinski definition) is 1. The molecule has 188 valence electrons. The van der Waals surface area contributed by atoms with Crippen molar-refractivity contribution in [2.45, 2.75) is 30.0 Å². The highest BCUT2D eigenvalue weighted by Crippen LogP contribution is 2.49. The second kappa shape index (κ2) is 9.84. The van der Waals surface area contributed by atoms with E-state index in [0.29, 0.717) is 11.1 Å². The van der Waals surface area contributed by atoms with E-state index in [2.05, 4.69) is 9.88 Å². The first-order chi connectivity index (χ1) is 16.9. The van der Waals surface area contributed by atoms with Gasteiger partial charge in [0.25, 0.3) is 11.5 Å². The van der Waals surface area contributed by atoms with E-state index in [4.69, 9.17) is 28.0 Å². The topological polar surface area (TPSA) is 67.8 Å². The summed E-state index contributed by atoms with van der Waals surface area (Å²) in [6.07, 6.45) is -5.51. The van der Waals surface area contributed by atoms with Crippen LogP contribution in [-0.2, 0) is 21.4 Å².